The largest absolute Gasteiger partial charge is 0.316 e. The summed E-state index contributed by atoms with van der Waals surface area (Å²) in [5.41, 5.74) is 0. The van der Waals surface area contributed by atoms with E-state index in [2.05, 4.69) is 25.1 Å². The lowest BCUT2D eigenvalue weighted by molar-refractivity contribution is 0.582. The van der Waals surface area contributed by atoms with Gasteiger partial charge in [0.25, 0.3) is 0 Å². The molecular formula is C11H21NS. The van der Waals surface area contributed by atoms with Crippen LogP contribution in [0.2, 0.25) is 0 Å². The number of nitrogens with one attached hydrogen (secondary N) is 1. The first kappa shape index (κ1) is 12.9. The molecule has 0 aromatic carbocycles. The molecular weight excluding hydrogens is 178 g/mol. The van der Waals surface area contributed by atoms with E-state index in [9.17, 15) is 0 Å². The molecule has 2 heteroatoms. The molecule has 0 aromatic heterocycles. The highest BCUT2D eigenvalue weighted by molar-refractivity contribution is 7.99. The molecule has 0 aromatic rings. The van der Waals surface area contributed by atoms with E-state index < -0.39 is 0 Å². The molecule has 1 N–H and O–H groups in total. The third-order valence-electron chi connectivity index (χ3n) is 1.82. The Morgan fingerprint density at radius 3 is 2.54 bits per heavy atom. The Hall–Kier alpha value is -0.130. The van der Waals surface area contributed by atoms with Crippen LogP contribution in [0.3, 0.4) is 0 Å². The van der Waals surface area contributed by atoms with Gasteiger partial charge in [-0.05, 0) is 25.1 Å². The van der Waals surface area contributed by atoms with Crippen molar-refractivity contribution < 1.29 is 0 Å². The molecule has 13 heavy (non-hydrogen) atoms. The van der Waals surface area contributed by atoms with Crippen molar-refractivity contribution in [3.8, 4) is 12.3 Å². The molecule has 1 unspecified atom stereocenters. The molecule has 0 radical (unpaired) electrons. The van der Waals surface area contributed by atoms with Gasteiger partial charge in [0, 0.05) is 18.2 Å². The third-order valence-corrected chi connectivity index (χ3v) is 3.36. The van der Waals surface area contributed by atoms with Crippen LogP contribution >= 0.6 is 11.8 Å². The van der Waals surface area contributed by atoms with Crippen LogP contribution in [0.4, 0.5) is 0 Å². The van der Waals surface area contributed by atoms with E-state index in [1.807, 2.05) is 18.8 Å². The van der Waals surface area contributed by atoms with Gasteiger partial charge in [0.1, 0.15) is 0 Å². The highest BCUT2D eigenvalue weighted by Crippen LogP contribution is 2.11. The Balaban J connectivity index is 3.43. The first-order valence-electron chi connectivity index (χ1n) is 4.89. The number of hydrogen-bond donors (Lipinski definition) is 1. The predicted octanol–water partition coefficient (Wildman–Crippen LogP) is 2.38. The lowest BCUT2D eigenvalue weighted by Gasteiger charge is -2.14. The molecule has 0 fully saturated rings. The zero-order valence-electron chi connectivity index (χ0n) is 8.97. The van der Waals surface area contributed by atoms with E-state index in [4.69, 9.17) is 6.42 Å². The van der Waals surface area contributed by atoms with Crippen LogP contribution in [0, 0.1) is 18.3 Å². The molecule has 0 amide bonds. The van der Waals surface area contributed by atoms with Crippen LogP contribution in [-0.4, -0.2) is 24.6 Å². The van der Waals surface area contributed by atoms with Crippen LogP contribution in [0.25, 0.3) is 0 Å². The normalized spacial score (nSPS) is 12.8. The van der Waals surface area contributed by atoms with Crippen LogP contribution in [0.5, 0.6) is 0 Å². The number of thioether (sulfide) groups is 1. The van der Waals surface area contributed by atoms with E-state index in [-0.39, 0.29) is 0 Å². The summed E-state index contributed by atoms with van der Waals surface area (Å²) in [6.45, 7) is 4.51. The van der Waals surface area contributed by atoms with Gasteiger partial charge in [0.15, 0.2) is 0 Å². The SMILES string of the molecule is C#CCCC(CSCC(C)C)NC. The molecule has 0 rings (SSSR count). The summed E-state index contributed by atoms with van der Waals surface area (Å²) in [5, 5.41) is 3.29. The van der Waals surface area contributed by atoms with Crippen molar-refractivity contribution in [1.82, 2.24) is 5.32 Å². The van der Waals surface area contributed by atoms with Gasteiger partial charge in [0.2, 0.25) is 0 Å². The van der Waals surface area contributed by atoms with Gasteiger partial charge in [-0.2, -0.15) is 11.8 Å². The number of rotatable bonds is 7. The standard InChI is InChI=1S/C11H21NS/c1-5-6-7-11(12-4)9-13-8-10(2)3/h1,10-12H,6-9H2,2-4H3. The molecule has 0 saturated carbocycles. The van der Waals surface area contributed by atoms with Crippen LogP contribution in [0.15, 0.2) is 0 Å². The molecule has 1 atom stereocenters. The van der Waals surface area contributed by atoms with E-state index in [1.165, 1.54) is 11.5 Å². The summed E-state index contributed by atoms with van der Waals surface area (Å²) in [6, 6.07) is 0.583. The molecule has 0 saturated heterocycles. The monoisotopic (exact) mass is 199 g/mol. The van der Waals surface area contributed by atoms with Crippen molar-refractivity contribution in [1.29, 1.82) is 0 Å². The average molecular weight is 199 g/mol. The molecule has 0 aliphatic heterocycles. The van der Waals surface area contributed by atoms with Crippen molar-refractivity contribution in [2.45, 2.75) is 32.7 Å². The van der Waals surface area contributed by atoms with Gasteiger partial charge in [0.05, 0.1) is 0 Å². The van der Waals surface area contributed by atoms with Crippen molar-refractivity contribution in [3.05, 3.63) is 0 Å². The highest BCUT2D eigenvalue weighted by Gasteiger charge is 2.05. The fraction of sp³-hybridized carbons (Fsp3) is 0.818. The summed E-state index contributed by atoms with van der Waals surface area (Å²) in [6.07, 6.45) is 7.20. The smallest absolute Gasteiger partial charge is 0.0164 e. The highest BCUT2D eigenvalue weighted by atomic mass is 32.2. The second-order valence-corrected chi connectivity index (χ2v) is 4.73. The van der Waals surface area contributed by atoms with E-state index in [0.717, 1.165) is 18.8 Å². The van der Waals surface area contributed by atoms with Gasteiger partial charge < -0.3 is 5.32 Å². The Morgan fingerprint density at radius 1 is 1.38 bits per heavy atom. The molecule has 1 nitrogen and oxygen atoms in total. The topological polar surface area (TPSA) is 12.0 Å². The minimum atomic E-state index is 0.583. The zero-order valence-corrected chi connectivity index (χ0v) is 9.79. The summed E-state index contributed by atoms with van der Waals surface area (Å²) in [5.74, 6) is 5.89. The summed E-state index contributed by atoms with van der Waals surface area (Å²) < 4.78 is 0. The van der Waals surface area contributed by atoms with Crippen molar-refractivity contribution >= 4 is 11.8 Å². The van der Waals surface area contributed by atoms with Crippen LogP contribution in [0.1, 0.15) is 26.7 Å². The van der Waals surface area contributed by atoms with Gasteiger partial charge in [-0.1, -0.05) is 13.8 Å². The first-order chi connectivity index (χ1) is 6.20. The minimum Gasteiger partial charge on any atom is -0.316 e. The maximum Gasteiger partial charge on any atom is 0.0164 e. The molecule has 76 valence electrons. The van der Waals surface area contributed by atoms with Crippen LogP contribution < -0.4 is 5.32 Å². The van der Waals surface area contributed by atoms with Crippen molar-refractivity contribution in [3.63, 3.8) is 0 Å². The maximum absolute atomic E-state index is 5.22. The van der Waals surface area contributed by atoms with Gasteiger partial charge in [-0.3, -0.25) is 0 Å². The molecule has 0 bridgehead atoms. The fourth-order valence-electron chi connectivity index (χ4n) is 1.01. The lowest BCUT2D eigenvalue weighted by atomic mass is 10.2. The number of hydrogen-bond acceptors (Lipinski definition) is 2. The lowest BCUT2D eigenvalue weighted by Crippen LogP contribution is -2.27. The predicted molar refractivity (Wildman–Crippen MR) is 63.1 cm³/mol. The summed E-state index contributed by atoms with van der Waals surface area (Å²) in [4.78, 5) is 0. The minimum absolute atomic E-state index is 0.583. The maximum atomic E-state index is 5.22. The molecule has 0 aliphatic rings. The van der Waals surface area contributed by atoms with Crippen LogP contribution in [-0.2, 0) is 0 Å². The van der Waals surface area contributed by atoms with E-state index in [1.54, 1.807) is 0 Å². The molecule has 0 aliphatic carbocycles. The van der Waals surface area contributed by atoms with Gasteiger partial charge in [-0.15, -0.1) is 12.3 Å². The molecule has 0 spiro atoms. The van der Waals surface area contributed by atoms with Crippen molar-refractivity contribution in [2.24, 2.45) is 5.92 Å². The molecule has 0 heterocycles. The summed E-state index contributed by atoms with van der Waals surface area (Å²) in [7, 11) is 2.01. The Morgan fingerprint density at radius 2 is 2.08 bits per heavy atom. The van der Waals surface area contributed by atoms with Gasteiger partial charge in [-0.25, -0.2) is 0 Å². The second-order valence-electron chi connectivity index (χ2n) is 3.66. The van der Waals surface area contributed by atoms with E-state index >= 15 is 0 Å². The summed E-state index contributed by atoms with van der Waals surface area (Å²) >= 11 is 2.01. The Labute approximate surface area is 87.1 Å². The van der Waals surface area contributed by atoms with E-state index in [0.29, 0.717) is 6.04 Å². The Kier molecular flexibility index (Phi) is 8.38. The zero-order chi connectivity index (χ0) is 10.1. The second kappa shape index (κ2) is 8.47. The third kappa shape index (κ3) is 8.21. The average Bonchev–Trinajstić information content (AvgIpc) is 2.10. The fourth-order valence-corrected chi connectivity index (χ4v) is 2.24. The Bertz CT molecular complexity index is 149. The quantitative estimate of drug-likeness (QED) is 0.632. The van der Waals surface area contributed by atoms with Crippen molar-refractivity contribution in [2.75, 3.05) is 18.6 Å². The number of terminal acetylenes is 1. The van der Waals surface area contributed by atoms with Gasteiger partial charge >= 0.3 is 0 Å². The first-order valence-corrected chi connectivity index (χ1v) is 6.04.